The summed E-state index contributed by atoms with van der Waals surface area (Å²) in [6, 6.07) is 5.60. The maximum atomic E-state index is 13.9. The molecular formula is C13H20FN. The Kier molecular flexibility index (Phi) is 4.28. The van der Waals surface area contributed by atoms with Gasteiger partial charge in [-0.25, -0.2) is 4.39 Å². The quantitative estimate of drug-likeness (QED) is 0.809. The fourth-order valence-electron chi connectivity index (χ4n) is 1.98. The Morgan fingerprint density at radius 1 is 1.33 bits per heavy atom. The van der Waals surface area contributed by atoms with E-state index >= 15 is 0 Å². The minimum Gasteiger partial charge on any atom is -0.330 e. The molecule has 0 radical (unpaired) electrons. The summed E-state index contributed by atoms with van der Waals surface area (Å²) in [6.45, 7) is 6.64. The van der Waals surface area contributed by atoms with E-state index in [-0.39, 0.29) is 11.7 Å². The predicted octanol–water partition coefficient (Wildman–Crippen LogP) is 3.22. The standard InChI is InChI=1S/C13H20FN/c1-9(2)11(7-8-15)12-6-4-5-10(3)13(12)14/h4-6,9,11H,7-8,15H2,1-3H3. The highest BCUT2D eigenvalue weighted by molar-refractivity contribution is 5.28. The zero-order chi connectivity index (χ0) is 11.4. The molecule has 15 heavy (non-hydrogen) atoms. The average molecular weight is 209 g/mol. The first-order valence-corrected chi connectivity index (χ1v) is 5.53. The van der Waals surface area contributed by atoms with Crippen molar-refractivity contribution in [3.63, 3.8) is 0 Å². The lowest BCUT2D eigenvalue weighted by atomic mass is 9.85. The van der Waals surface area contributed by atoms with Crippen molar-refractivity contribution in [1.82, 2.24) is 0 Å². The van der Waals surface area contributed by atoms with Crippen LogP contribution in [0.4, 0.5) is 4.39 Å². The third-order valence-electron chi connectivity index (χ3n) is 2.90. The first-order valence-electron chi connectivity index (χ1n) is 5.53. The molecule has 0 aromatic heterocycles. The summed E-state index contributed by atoms with van der Waals surface area (Å²) in [5.74, 6) is 0.587. The average Bonchev–Trinajstić information content (AvgIpc) is 2.19. The molecule has 0 spiro atoms. The molecule has 0 aliphatic carbocycles. The maximum absolute atomic E-state index is 13.9. The van der Waals surface area contributed by atoms with Gasteiger partial charge in [-0.05, 0) is 42.9 Å². The van der Waals surface area contributed by atoms with Gasteiger partial charge < -0.3 is 5.73 Å². The monoisotopic (exact) mass is 209 g/mol. The Morgan fingerprint density at radius 2 is 2.00 bits per heavy atom. The second kappa shape index (κ2) is 5.26. The van der Waals surface area contributed by atoms with Gasteiger partial charge in [-0.1, -0.05) is 32.0 Å². The summed E-state index contributed by atoms with van der Waals surface area (Å²) in [5.41, 5.74) is 7.10. The van der Waals surface area contributed by atoms with E-state index in [0.29, 0.717) is 12.5 Å². The van der Waals surface area contributed by atoms with E-state index in [9.17, 15) is 4.39 Å². The van der Waals surface area contributed by atoms with Gasteiger partial charge in [0.05, 0.1) is 0 Å². The molecule has 1 nitrogen and oxygen atoms in total. The Morgan fingerprint density at radius 3 is 2.53 bits per heavy atom. The molecule has 1 aromatic carbocycles. The van der Waals surface area contributed by atoms with E-state index in [1.165, 1.54) is 0 Å². The summed E-state index contributed by atoms with van der Waals surface area (Å²) in [6.07, 6.45) is 0.845. The van der Waals surface area contributed by atoms with Crippen LogP contribution < -0.4 is 5.73 Å². The maximum Gasteiger partial charge on any atom is 0.129 e. The molecule has 2 N–H and O–H groups in total. The van der Waals surface area contributed by atoms with Crippen molar-refractivity contribution in [3.8, 4) is 0 Å². The molecule has 0 bridgehead atoms. The van der Waals surface area contributed by atoms with Crippen molar-refractivity contribution in [2.75, 3.05) is 6.54 Å². The van der Waals surface area contributed by atoms with Crippen molar-refractivity contribution in [1.29, 1.82) is 0 Å². The number of hydrogen-bond donors (Lipinski definition) is 1. The highest BCUT2D eigenvalue weighted by Gasteiger charge is 2.19. The fraction of sp³-hybridized carbons (Fsp3) is 0.538. The van der Waals surface area contributed by atoms with E-state index in [1.54, 1.807) is 13.0 Å². The van der Waals surface area contributed by atoms with Crippen LogP contribution in [0, 0.1) is 18.7 Å². The molecule has 1 atom stereocenters. The van der Waals surface area contributed by atoms with Gasteiger partial charge in [0.1, 0.15) is 5.82 Å². The Labute approximate surface area is 91.5 Å². The summed E-state index contributed by atoms with van der Waals surface area (Å²) in [4.78, 5) is 0. The molecule has 1 rings (SSSR count). The van der Waals surface area contributed by atoms with E-state index in [0.717, 1.165) is 17.5 Å². The van der Waals surface area contributed by atoms with Crippen LogP contribution in [0.15, 0.2) is 18.2 Å². The third-order valence-corrected chi connectivity index (χ3v) is 2.90. The number of aryl methyl sites for hydroxylation is 1. The molecular weight excluding hydrogens is 189 g/mol. The van der Waals surface area contributed by atoms with Crippen molar-refractivity contribution in [2.24, 2.45) is 11.7 Å². The lowest BCUT2D eigenvalue weighted by Gasteiger charge is -2.21. The van der Waals surface area contributed by atoms with Crippen LogP contribution in [-0.2, 0) is 0 Å². The molecule has 0 amide bonds. The van der Waals surface area contributed by atoms with Gasteiger partial charge in [-0.2, -0.15) is 0 Å². The van der Waals surface area contributed by atoms with Gasteiger partial charge in [0.15, 0.2) is 0 Å². The van der Waals surface area contributed by atoms with Gasteiger partial charge in [0.2, 0.25) is 0 Å². The fourth-order valence-corrected chi connectivity index (χ4v) is 1.98. The summed E-state index contributed by atoms with van der Waals surface area (Å²) in [5, 5.41) is 0. The van der Waals surface area contributed by atoms with Crippen molar-refractivity contribution < 1.29 is 4.39 Å². The van der Waals surface area contributed by atoms with Crippen molar-refractivity contribution in [3.05, 3.63) is 35.1 Å². The van der Waals surface area contributed by atoms with Crippen LogP contribution in [0.2, 0.25) is 0 Å². The molecule has 0 fully saturated rings. The summed E-state index contributed by atoms with van der Waals surface area (Å²) in [7, 11) is 0. The molecule has 1 unspecified atom stereocenters. The molecule has 0 aliphatic heterocycles. The topological polar surface area (TPSA) is 26.0 Å². The van der Waals surface area contributed by atoms with Gasteiger partial charge in [0.25, 0.3) is 0 Å². The van der Waals surface area contributed by atoms with Crippen molar-refractivity contribution >= 4 is 0 Å². The van der Waals surface area contributed by atoms with Gasteiger partial charge >= 0.3 is 0 Å². The van der Waals surface area contributed by atoms with Gasteiger partial charge in [-0.3, -0.25) is 0 Å². The van der Waals surface area contributed by atoms with E-state index in [4.69, 9.17) is 5.73 Å². The van der Waals surface area contributed by atoms with Crippen LogP contribution in [0.25, 0.3) is 0 Å². The predicted molar refractivity (Wildman–Crippen MR) is 62.4 cm³/mol. The molecule has 0 saturated carbocycles. The Hall–Kier alpha value is -0.890. The second-order valence-electron chi connectivity index (χ2n) is 4.41. The van der Waals surface area contributed by atoms with Gasteiger partial charge in [-0.15, -0.1) is 0 Å². The van der Waals surface area contributed by atoms with Crippen LogP contribution in [0.5, 0.6) is 0 Å². The van der Waals surface area contributed by atoms with Crippen LogP contribution in [0.1, 0.15) is 37.3 Å². The van der Waals surface area contributed by atoms with E-state index in [2.05, 4.69) is 13.8 Å². The van der Waals surface area contributed by atoms with E-state index in [1.807, 2.05) is 12.1 Å². The minimum absolute atomic E-state index is 0.0651. The SMILES string of the molecule is Cc1cccc(C(CCN)C(C)C)c1F. The first kappa shape index (κ1) is 12.2. The highest BCUT2D eigenvalue weighted by atomic mass is 19.1. The third kappa shape index (κ3) is 2.78. The summed E-state index contributed by atoms with van der Waals surface area (Å²) < 4.78 is 13.9. The zero-order valence-electron chi connectivity index (χ0n) is 9.76. The Bertz CT molecular complexity index is 320. The van der Waals surface area contributed by atoms with Crippen molar-refractivity contribution in [2.45, 2.75) is 33.1 Å². The number of nitrogens with two attached hydrogens (primary N) is 1. The molecule has 0 saturated heterocycles. The molecule has 0 heterocycles. The number of halogens is 1. The second-order valence-corrected chi connectivity index (χ2v) is 4.41. The Balaban J connectivity index is 3.05. The summed E-state index contributed by atoms with van der Waals surface area (Å²) >= 11 is 0. The largest absolute Gasteiger partial charge is 0.330 e. The first-order chi connectivity index (χ1) is 7.07. The zero-order valence-corrected chi connectivity index (χ0v) is 9.76. The van der Waals surface area contributed by atoms with E-state index < -0.39 is 0 Å². The molecule has 84 valence electrons. The smallest absolute Gasteiger partial charge is 0.129 e. The van der Waals surface area contributed by atoms with Crippen LogP contribution >= 0.6 is 0 Å². The normalized spacial score (nSPS) is 13.2. The molecule has 2 heteroatoms. The number of rotatable bonds is 4. The minimum atomic E-state index is -0.0651. The molecule has 1 aromatic rings. The van der Waals surface area contributed by atoms with Gasteiger partial charge in [0, 0.05) is 0 Å². The highest BCUT2D eigenvalue weighted by Crippen LogP contribution is 2.30. The lowest BCUT2D eigenvalue weighted by molar-refractivity contribution is 0.450. The number of benzene rings is 1. The molecule has 0 aliphatic rings. The lowest BCUT2D eigenvalue weighted by Crippen LogP contribution is -2.14. The van der Waals surface area contributed by atoms with Crippen LogP contribution in [0.3, 0.4) is 0 Å². The number of hydrogen-bond acceptors (Lipinski definition) is 1. The van der Waals surface area contributed by atoms with Crippen LogP contribution in [-0.4, -0.2) is 6.54 Å².